The molecule has 4 rings (SSSR count). The summed E-state index contributed by atoms with van der Waals surface area (Å²) in [4.78, 5) is 24.4. The van der Waals surface area contributed by atoms with Crippen molar-refractivity contribution in [3.63, 3.8) is 0 Å². The lowest BCUT2D eigenvalue weighted by atomic mass is 9.58. The molecule has 0 radical (unpaired) electrons. The number of aliphatic hydroxyl groups is 1. The minimum Gasteiger partial charge on any atom is -0.459 e. The van der Waals surface area contributed by atoms with Crippen molar-refractivity contribution in [3.8, 4) is 0 Å². The van der Waals surface area contributed by atoms with Gasteiger partial charge in [0.05, 0.1) is 13.2 Å². The average molecular weight is 348 g/mol. The first-order valence-electron chi connectivity index (χ1n) is 8.88. The van der Waals surface area contributed by atoms with Crippen molar-refractivity contribution < 1.29 is 28.9 Å². The number of esters is 2. The number of hydrogen-bond acceptors (Lipinski definition) is 6. The van der Waals surface area contributed by atoms with Gasteiger partial charge in [-0.15, -0.1) is 0 Å². The molecule has 5 atom stereocenters. The van der Waals surface area contributed by atoms with Gasteiger partial charge in [-0.1, -0.05) is 13.5 Å². The SMILES string of the molecule is C=C1C(=O)OC2C3=C(CO)CCC(OC(=O)C4(C)CO4)C3(C)CCC12. The third-order valence-electron chi connectivity index (χ3n) is 6.43. The highest BCUT2D eigenvalue weighted by molar-refractivity contribution is 5.91. The van der Waals surface area contributed by atoms with Crippen LogP contribution in [0.15, 0.2) is 23.3 Å². The molecular formula is C19H24O6. The van der Waals surface area contributed by atoms with Crippen molar-refractivity contribution in [1.29, 1.82) is 0 Å². The summed E-state index contributed by atoms with van der Waals surface area (Å²) in [6.45, 7) is 7.98. The van der Waals surface area contributed by atoms with Crippen molar-refractivity contribution in [2.75, 3.05) is 13.2 Å². The molecule has 5 unspecified atom stereocenters. The van der Waals surface area contributed by atoms with Crippen LogP contribution in [0.1, 0.15) is 39.5 Å². The zero-order chi connectivity index (χ0) is 18.0. The van der Waals surface area contributed by atoms with Gasteiger partial charge in [-0.25, -0.2) is 9.59 Å². The molecule has 0 aromatic heterocycles. The van der Waals surface area contributed by atoms with Gasteiger partial charge in [-0.05, 0) is 43.8 Å². The van der Waals surface area contributed by atoms with Gasteiger partial charge >= 0.3 is 11.9 Å². The van der Waals surface area contributed by atoms with Crippen LogP contribution in [-0.4, -0.2) is 48.1 Å². The molecule has 3 fully saturated rings. The standard InChI is InChI=1S/C19H24O6/c1-10-12-6-7-18(2)13(24-17(22)19(3)9-23-19)5-4-11(8-20)14(18)15(12)25-16(10)21/h12-13,15,20H,1,4-9H2,2-3H3. The van der Waals surface area contributed by atoms with E-state index in [1.54, 1.807) is 6.92 Å². The fraction of sp³-hybridized carbons (Fsp3) is 0.684. The second kappa shape index (κ2) is 5.42. The largest absolute Gasteiger partial charge is 0.459 e. The Kier molecular flexibility index (Phi) is 3.64. The van der Waals surface area contributed by atoms with Gasteiger partial charge in [0, 0.05) is 16.9 Å². The molecule has 0 aromatic rings. The number of aliphatic hydroxyl groups excluding tert-OH is 1. The zero-order valence-corrected chi connectivity index (χ0v) is 14.7. The summed E-state index contributed by atoms with van der Waals surface area (Å²) in [5.41, 5.74) is 1.09. The molecule has 6 heteroatoms. The van der Waals surface area contributed by atoms with Gasteiger partial charge in [0.15, 0.2) is 5.60 Å². The predicted octanol–water partition coefficient (Wildman–Crippen LogP) is 1.67. The molecule has 1 saturated carbocycles. The Morgan fingerprint density at radius 2 is 2.12 bits per heavy atom. The third kappa shape index (κ3) is 2.38. The number of hydrogen-bond donors (Lipinski definition) is 1. The van der Waals surface area contributed by atoms with Crippen LogP contribution in [0, 0.1) is 11.3 Å². The Labute approximate surface area is 146 Å². The summed E-state index contributed by atoms with van der Waals surface area (Å²) in [7, 11) is 0. The van der Waals surface area contributed by atoms with E-state index in [-0.39, 0.29) is 30.6 Å². The van der Waals surface area contributed by atoms with E-state index in [1.807, 2.05) is 0 Å². The zero-order valence-electron chi connectivity index (χ0n) is 14.7. The van der Waals surface area contributed by atoms with Crippen molar-refractivity contribution in [2.45, 2.75) is 57.3 Å². The predicted molar refractivity (Wildman–Crippen MR) is 87.4 cm³/mol. The summed E-state index contributed by atoms with van der Waals surface area (Å²) in [5.74, 6) is -0.738. The van der Waals surface area contributed by atoms with E-state index in [0.29, 0.717) is 25.0 Å². The van der Waals surface area contributed by atoms with Crippen molar-refractivity contribution in [3.05, 3.63) is 23.3 Å². The second-order valence-corrected chi connectivity index (χ2v) is 8.04. The fourth-order valence-electron chi connectivity index (χ4n) is 4.64. The van der Waals surface area contributed by atoms with Gasteiger partial charge in [0.2, 0.25) is 0 Å². The van der Waals surface area contributed by atoms with Crippen LogP contribution < -0.4 is 0 Å². The first-order valence-corrected chi connectivity index (χ1v) is 8.88. The number of rotatable bonds is 3. The number of fused-ring (bicyclic) bond motifs is 3. The lowest BCUT2D eigenvalue weighted by molar-refractivity contribution is -0.164. The van der Waals surface area contributed by atoms with Crippen molar-refractivity contribution in [2.24, 2.45) is 11.3 Å². The molecule has 6 nitrogen and oxygen atoms in total. The summed E-state index contributed by atoms with van der Waals surface area (Å²) >= 11 is 0. The first-order chi connectivity index (χ1) is 11.8. The Morgan fingerprint density at radius 1 is 1.40 bits per heavy atom. The van der Waals surface area contributed by atoms with E-state index in [9.17, 15) is 14.7 Å². The molecule has 2 heterocycles. The molecule has 0 amide bonds. The molecule has 0 bridgehead atoms. The highest BCUT2D eigenvalue weighted by Gasteiger charge is 2.57. The maximum atomic E-state index is 12.4. The molecule has 0 spiro atoms. The molecule has 0 aromatic carbocycles. The Hall–Kier alpha value is -1.66. The van der Waals surface area contributed by atoms with Crippen LogP contribution in [0.25, 0.3) is 0 Å². The Bertz CT molecular complexity index is 688. The lowest BCUT2D eigenvalue weighted by Gasteiger charge is -2.49. The van der Waals surface area contributed by atoms with Crippen LogP contribution in [0.3, 0.4) is 0 Å². The molecule has 136 valence electrons. The van der Waals surface area contributed by atoms with Crippen LogP contribution in [-0.2, 0) is 23.8 Å². The lowest BCUT2D eigenvalue weighted by Crippen LogP contribution is -2.50. The van der Waals surface area contributed by atoms with Gasteiger partial charge in [-0.3, -0.25) is 0 Å². The number of carbonyl (C=O) groups is 2. The first kappa shape index (κ1) is 16.8. The quantitative estimate of drug-likeness (QED) is 0.361. The summed E-state index contributed by atoms with van der Waals surface area (Å²) in [6, 6.07) is 0. The van der Waals surface area contributed by atoms with E-state index >= 15 is 0 Å². The Balaban J connectivity index is 1.68. The maximum Gasteiger partial charge on any atom is 0.340 e. The normalized spacial score (nSPS) is 42.6. The van der Waals surface area contributed by atoms with E-state index in [0.717, 1.165) is 24.0 Å². The highest BCUT2D eigenvalue weighted by Crippen LogP contribution is 2.56. The smallest absolute Gasteiger partial charge is 0.340 e. The van der Waals surface area contributed by atoms with E-state index in [1.165, 1.54) is 0 Å². The van der Waals surface area contributed by atoms with Crippen LogP contribution >= 0.6 is 0 Å². The minimum absolute atomic E-state index is 0.0455. The molecule has 2 aliphatic carbocycles. The molecule has 25 heavy (non-hydrogen) atoms. The van der Waals surface area contributed by atoms with Crippen LogP contribution in [0.5, 0.6) is 0 Å². The summed E-state index contributed by atoms with van der Waals surface area (Å²) < 4.78 is 16.6. The van der Waals surface area contributed by atoms with Gasteiger partial charge < -0.3 is 19.3 Å². The fourth-order valence-corrected chi connectivity index (χ4v) is 4.64. The number of epoxide rings is 1. The third-order valence-corrected chi connectivity index (χ3v) is 6.43. The second-order valence-electron chi connectivity index (χ2n) is 8.04. The van der Waals surface area contributed by atoms with E-state index in [2.05, 4.69) is 13.5 Å². The topological polar surface area (TPSA) is 85.4 Å². The molecular weight excluding hydrogens is 324 g/mol. The summed E-state index contributed by atoms with van der Waals surface area (Å²) in [5, 5.41) is 9.86. The maximum absolute atomic E-state index is 12.4. The van der Waals surface area contributed by atoms with Crippen molar-refractivity contribution >= 4 is 11.9 Å². The Morgan fingerprint density at radius 3 is 2.76 bits per heavy atom. The monoisotopic (exact) mass is 348 g/mol. The average Bonchev–Trinajstić information content (AvgIpc) is 3.27. The van der Waals surface area contributed by atoms with E-state index < -0.39 is 17.1 Å². The van der Waals surface area contributed by atoms with Crippen LogP contribution in [0.4, 0.5) is 0 Å². The van der Waals surface area contributed by atoms with Gasteiger partial charge in [-0.2, -0.15) is 0 Å². The molecule has 2 aliphatic heterocycles. The molecule has 2 saturated heterocycles. The van der Waals surface area contributed by atoms with Crippen molar-refractivity contribution in [1.82, 2.24) is 0 Å². The molecule has 1 N–H and O–H groups in total. The number of ether oxygens (including phenoxy) is 3. The van der Waals surface area contributed by atoms with Gasteiger partial charge in [0.1, 0.15) is 12.2 Å². The molecule has 4 aliphatic rings. The minimum atomic E-state index is -0.817. The summed E-state index contributed by atoms with van der Waals surface area (Å²) in [6.07, 6.45) is 2.11. The van der Waals surface area contributed by atoms with Gasteiger partial charge in [0.25, 0.3) is 0 Å². The van der Waals surface area contributed by atoms with Crippen LogP contribution in [0.2, 0.25) is 0 Å². The number of carbonyl (C=O) groups excluding carboxylic acids is 2. The van der Waals surface area contributed by atoms with E-state index in [4.69, 9.17) is 14.2 Å². The highest BCUT2D eigenvalue weighted by atomic mass is 16.6.